The van der Waals surface area contributed by atoms with Crippen molar-refractivity contribution in [2.45, 2.75) is 31.6 Å². The molecule has 2 heterocycles. The lowest BCUT2D eigenvalue weighted by molar-refractivity contribution is 0.119. The lowest BCUT2D eigenvalue weighted by atomic mass is 10.1. The summed E-state index contributed by atoms with van der Waals surface area (Å²) in [7, 11) is -1.91. The Balaban J connectivity index is 1.69. The van der Waals surface area contributed by atoms with Crippen LogP contribution in [0.1, 0.15) is 24.0 Å². The fourth-order valence-electron chi connectivity index (χ4n) is 3.05. The van der Waals surface area contributed by atoms with Gasteiger partial charge in [0, 0.05) is 18.9 Å². The molecule has 1 aliphatic rings. The Bertz CT molecular complexity index is 857. The van der Waals surface area contributed by atoms with Crippen molar-refractivity contribution in [3.8, 4) is 11.8 Å². The number of piperidine rings is 1. The monoisotopic (exact) mass is 377 g/mol. The minimum Gasteiger partial charge on any atom is -0.477 e. The minimum absolute atomic E-state index is 0.00410. The first kappa shape index (κ1) is 18.6. The number of hydrogen-bond donors (Lipinski definition) is 0. The Kier molecular flexibility index (Phi) is 5.73. The molecular formula is C18H23N3O4S. The molecule has 1 atom stereocenters. The minimum atomic E-state index is -3.41. The number of nitrogens with zero attached hydrogens (tertiary/aromatic N) is 3. The molecule has 1 saturated heterocycles. The summed E-state index contributed by atoms with van der Waals surface area (Å²) in [6, 6.07) is 7.57. The molecule has 0 radical (unpaired) electrons. The van der Waals surface area contributed by atoms with Crippen LogP contribution < -0.4 is 9.47 Å². The topological polar surface area (TPSA) is 81.6 Å². The highest BCUT2D eigenvalue weighted by molar-refractivity contribution is 7.88. The molecule has 0 aliphatic carbocycles. The average Bonchev–Trinajstić information content (AvgIpc) is 2.62. The van der Waals surface area contributed by atoms with Crippen LogP contribution in [0, 0.1) is 6.92 Å². The molecule has 0 bridgehead atoms. The molecule has 2 aromatic rings. The molecule has 140 valence electrons. The lowest BCUT2D eigenvalue weighted by Crippen LogP contribution is -2.44. The van der Waals surface area contributed by atoms with Gasteiger partial charge in [0.05, 0.1) is 19.4 Å². The van der Waals surface area contributed by atoms with E-state index in [1.54, 1.807) is 0 Å². The van der Waals surface area contributed by atoms with E-state index in [0.29, 0.717) is 19.0 Å². The standard InChI is InChI=1S/C18H23N3O4S/c1-14-5-3-6-15(11-14)13-26(22,23)21-10-4-7-16(12-21)25-18-17(24-2)19-8-9-20-18/h3,5-6,8-9,11,16H,4,7,10,12-13H2,1-2H3. The van der Waals surface area contributed by atoms with Gasteiger partial charge in [0.25, 0.3) is 11.8 Å². The maximum atomic E-state index is 12.8. The molecule has 1 aromatic heterocycles. The van der Waals surface area contributed by atoms with Gasteiger partial charge < -0.3 is 9.47 Å². The number of sulfonamides is 1. The summed E-state index contributed by atoms with van der Waals surface area (Å²) in [5, 5.41) is 0. The Hall–Kier alpha value is -2.19. The molecule has 1 unspecified atom stereocenters. The molecule has 3 rings (SSSR count). The summed E-state index contributed by atoms with van der Waals surface area (Å²) >= 11 is 0. The number of benzene rings is 1. The van der Waals surface area contributed by atoms with Crippen molar-refractivity contribution >= 4 is 10.0 Å². The summed E-state index contributed by atoms with van der Waals surface area (Å²) in [6.07, 6.45) is 4.26. The quantitative estimate of drug-likeness (QED) is 0.767. The van der Waals surface area contributed by atoms with E-state index in [1.807, 2.05) is 31.2 Å². The Morgan fingerprint density at radius 1 is 1.23 bits per heavy atom. The molecule has 0 amide bonds. The van der Waals surface area contributed by atoms with E-state index >= 15 is 0 Å². The van der Waals surface area contributed by atoms with Crippen molar-refractivity contribution in [2.75, 3.05) is 20.2 Å². The predicted molar refractivity (Wildman–Crippen MR) is 97.6 cm³/mol. The maximum Gasteiger partial charge on any atom is 0.278 e. The van der Waals surface area contributed by atoms with Crippen LogP contribution in [-0.4, -0.2) is 49.0 Å². The van der Waals surface area contributed by atoms with E-state index < -0.39 is 10.0 Å². The number of ether oxygens (including phenoxy) is 2. The summed E-state index contributed by atoms with van der Waals surface area (Å²) in [5.41, 5.74) is 1.84. The van der Waals surface area contributed by atoms with Gasteiger partial charge in [0.2, 0.25) is 10.0 Å². The molecule has 1 aliphatic heterocycles. The highest BCUT2D eigenvalue weighted by Crippen LogP contribution is 2.25. The van der Waals surface area contributed by atoms with E-state index in [2.05, 4.69) is 9.97 Å². The predicted octanol–water partition coefficient (Wildman–Crippen LogP) is 2.17. The van der Waals surface area contributed by atoms with Crippen LogP contribution in [0.4, 0.5) is 0 Å². The first-order valence-electron chi connectivity index (χ1n) is 8.53. The average molecular weight is 377 g/mol. The van der Waals surface area contributed by atoms with Gasteiger partial charge in [0.1, 0.15) is 6.10 Å². The van der Waals surface area contributed by atoms with Crippen LogP contribution in [0.3, 0.4) is 0 Å². The van der Waals surface area contributed by atoms with E-state index in [0.717, 1.165) is 24.0 Å². The third kappa shape index (κ3) is 4.50. The van der Waals surface area contributed by atoms with Crippen molar-refractivity contribution in [1.29, 1.82) is 0 Å². The highest BCUT2D eigenvalue weighted by atomic mass is 32.2. The molecular weight excluding hydrogens is 354 g/mol. The third-order valence-electron chi connectivity index (χ3n) is 4.27. The second-order valence-electron chi connectivity index (χ2n) is 6.36. The molecule has 1 aromatic carbocycles. The number of methoxy groups -OCH3 is 1. The maximum absolute atomic E-state index is 12.8. The van der Waals surface area contributed by atoms with E-state index in [1.165, 1.54) is 23.8 Å². The van der Waals surface area contributed by atoms with E-state index in [9.17, 15) is 8.42 Å². The molecule has 0 saturated carbocycles. The molecule has 26 heavy (non-hydrogen) atoms. The van der Waals surface area contributed by atoms with Gasteiger partial charge in [0.15, 0.2) is 0 Å². The number of aryl methyl sites for hydroxylation is 1. The lowest BCUT2D eigenvalue weighted by Gasteiger charge is -2.32. The van der Waals surface area contributed by atoms with Crippen molar-refractivity contribution in [2.24, 2.45) is 0 Å². The van der Waals surface area contributed by atoms with Gasteiger partial charge in [-0.2, -0.15) is 4.31 Å². The fourth-order valence-corrected chi connectivity index (χ4v) is 4.63. The van der Waals surface area contributed by atoms with Crippen LogP contribution >= 0.6 is 0 Å². The van der Waals surface area contributed by atoms with Gasteiger partial charge >= 0.3 is 0 Å². The zero-order chi connectivity index (χ0) is 18.6. The molecule has 0 spiro atoms. The Morgan fingerprint density at radius 3 is 2.73 bits per heavy atom. The van der Waals surface area contributed by atoms with Crippen molar-refractivity contribution in [3.63, 3.8) is 0 Å². The summed E-state index contributed by atoms with van der Waals surface area (Å²) in [5.74, 6) is 0.584. The van der Waals surface area contributed by atoms with Gasteiger partial charge in [-0.25, -0.2) is 18.4 Å². The van der Waals surface area contributed by atoms with Gasteiger partial charge in [-0.05, 0) is 25.3 Å². The number of aromatic nitrogens is 2. The number of hydrogen-bond acceptors (Lipinski definition) is 6. The second kappa shape index (κ2) is 8.01. The zero-order valence-electron chi connectivity index (χ0n) is 15.0. The molecule has 8 heteroatoms. The van der Waals surface area contributed by atoms with Gasteiger partial charge in [-0.3, -0.25) is 0 Å². The van der Waals surface area contributed by atoms with Crippen LogP contribution in [-0.2, 0) is 15.8 Å². The third-order valence-corrected chi connectivity index (χ3v) is 6.09. The highest BCUT2D eigenvalue weighted by Gasteiger charge is 2.30. The fraction of sp³-hybridized carbons (Fsp3) is 0.444. The van der Waals surface area contributed by atoms with Crippen LogP contribution in [0.15, 0.2) is 36.7 Å². The largest absolute Gasteiger partial charge is 0.477 e. The van der Waals surface area contributed by atoms with Crippen LogP contribution in [0.25, 0.3) is 0 Å². The summed E-state index contributed by atoms with van der Waals surface area (Å²) in [4.78, 5) is 8.18. The van der Waals surface area contributed by atoms with Crippen molar-refractivity contribution < 1.29 is 17.9 Å². The smallest absolute Gasteiger partial charge is 0.278 e. The van der Waals surface area contributed by atoms with Gasteiger partial charge in [-0.15, -0.1) is 0 Å². The van der Waals surface area contributed by atoms with Crippen molar-refractivity contribution in [1.82, 2.24) is 14.3 Å². The SMILES string of the molecule is COc1nccnc1OC1CCCN(S(=O)(=O)Cc2cccc(C)c2)C1. The Labute approximate surface area is 154 Å². The van der Waals surface area contributed by atoms with Crippen LogP contribution in [0.5, 0.6) is 11.8 Å². The van der Waals surface area contributed by atoms with Crippen LogP contribution in [0.2, 0.25) is 0 Å². The first-order valence-corrected chi connectivity index (χ1v) is 10.1. The van der Waals surface area contributed by atoms with Crippen molar-refractivity contribution in [3.05, 3.63) is 47.8 Å². The summed E-state index contributed by atoms with van der Waals surface area (Å²) in [6.45, 7) is 2.76. The number of rotatable bonds is 6. The van der Waals surface area contributed by atoms with E-state index in [-0.39, 0.29) is 17.7 Å². The van der Waals surface area contributed by atoms with E-state index in [4.69, 9.17) is 9.47 Å². The first-order chi connectivity index (χ1) is 12.5. The Morgan fingerprint density at radius 2 is 2.00 bits per heavy atom. The normalized spacial score (nSPS) is 18.5. The second-order valence-corrected chi connectivity index (χ2v) is 8.33. The molecule has 1 fully saturated rings. The molecule has 7 nitrogen and oxygen atoms in total. The zero-order valence-corrected chi connectivity index (χ0v) is 15.8. The molecule has 0 N–H and O–H groups in total. The summed E-state index contributed by atoms with van der Waals surface area (Å²) < 4.78 is 38.1. The van der Waals surface area contributed by atoms with Gasteiger partial charge in [-0.1, -0.05) is 29.8 Å².